The number of rotatable bonds is 3. The zero-order valence-corrected chi connectivity index (χ0v) is 15.1. The summed E-state index contributed by atoms with van der Waals surface area (Å²) >= 11 is 0. The first kappa shape index (κ1) is 17.2. The fourth-order valence-electron chi connectivity index (χ4n) is 3.11. The van der Waals surface area contributed by atoms with Crippen molar-refractivity contribution in [1.82, 2.24) is 10.6 Å². The number of benzene rings is 2. The summed E-state index contributed by atoms with van der Waals surface area (Å²) in [5.74, 6) is -0.412. The molecule has 2 aromatic carbocycles. The highest BCUT2D eigenvalue weighted by Crippen LogP contribution is 2.36. The second-order valence-electron chi connectivity index (χ2n) is 7.64. The molecule has 0 bridgehead atoms. The summed E-state index contributed by atoms with van der Waals surface area (Å²) in [6.07, 6.45) is 0.840. The lowest BCUT2D eigenvalue weighted by Gasteiger charge is -2.23. The van der Waals surface area contributed by atoms with Crippen molar-refractivity contribution < 1.29 is 9.59 Å². The van der Waals surface area contributed by atoms with E-state index < -0.39 is 6.04 Å². The van der Waals surface area contributed by atoms with Gasteiger partial charge in [-0.15, -0.1) is 0 Å². The molecule has 1 aliphatic carbocycles. The number of carbonyl (C=O) groups is 2. The molecular formula is C21H24N2O2. The number of fused-ring (bicyclic) bond motifs is 3. The second kappa shape index (κ2) is 6.36. The van der Waals surface area contributed by atoms with E-state index in [1.807, 2.05) is 51.1 Å². The molecule has 0 fully saturated rings. The second-order valence-corrected chi connectivity index (χ2v) is 7.64. The van der Waals surface area contributed by atoms with Crippen molar-refractivity contribution in [2.24, 2.45) is 0 Å². The van der Waals surface area contributed by atoms with E-state index in [9.17, 15) is 9.59 Å². The molecule has 25 heavy (non-hydrogen) atoms. The highest BCUT2D eigenvalue weighted by molar-refractivity contribution is 5.98. The van der Waals surface area contributed by atoms with Gasteiger partial charge in [0.15, 0.2) is 0 Å². The summed E-state index contributed by atoms with van der Waals surface area (Å²) in [6.45, 7) is 7.44. The average molecular weight is 336 g/mol. The lowest BCUT2D eigenvalue weighted by Crippen LogP contribution is -2.50. The summed E-state index contributed by atoms with van der Waals surface area (Å²) in [7, 11) is 0. The zero-order valence-electron chi connectivity index (χ0n) is 15.1. The van der Waals surface area contributed by atoms with Crippen LogP contribution >= 0.6 is 0 Å². The van der Waals surface area contributed by atoms with Crippen LogP contribution in [0.3, 0.4) is 0 Å². The molecular weight excluding hydrogens is 312 g/mol. The van der Waals surface area contributed by atoms with Crippen molar-refractivity contribution in [3.8, 4) is 11.1 Å². The Bertz CT molecular complexity index is 834. The van der Waals surface area contributed by atoms with Crippen molar-refractivity contribution in [2.45, 2.75) is 45.7 Å². The minimum atomic E-state index is -0.586. The molecule has 2 N–H and O–H groups in total. The van der Waals surface area contributed by atoms with E-state index in [0.717, 1.165) is 12.0 Å². The van der Waals surface area contributed by atoms with E-state index in [1.54, 1.807) is 6.92 Å². The van der Waals surface area contributed by atoms with Crippen LogP contribution in [-0.2, 0) is 11.2 Å². The Morgan fingerprint density at radius 3 is 2.40 bits per heavy atom. The molecule has 2 aromatic rings. The van der Waals surface area contributed by atoms with Crippen LogP contribution in [0.25, 0.3) is 11.1 Å². The quantitative estimate of drug-likeness (QED) is 0.771. The monoisotopic (exact) mass is 336 g/mol. The predicted octanol–water partition coefficient (Wildman–Crippen LogP) is 3.29. The summed E-state index contributed by atoms with van der Waals surface area (Å²) in [6, 6.07) is 13.5. The number of hydrogen-bond acceptors (Lipinski definition) is 2. The first-order valence-corrected chi connectivity index (χ1v) is 8.59. The van der Waals surface area contributed by atoms with Gasteiger partial charge in [0, 0.05) is 11.1 Å². The summed E-state index contributed by atoms with van der Waals surface area (Å²) in [5, 5.41) is 5.66. The van der Waals surface area contributed by atoms with Crippen LogP contribution in [-0.4, -0.2) is 23.4 Å². The molecule has 0 heterocycles. The van der Waals surface area contributed by atoms with Gasteiger partial charge in [0.2, 0.25) is 5.91 Å². The number of nitrogens with one attached hydrogen (secondary N) is 2. The van der Waals surface area contributed by atoms with Gasteiger partial charge in [-0.05, 0) is 68.5 Å². The van der Waals surface area contributed by atoms with Crippen LogP contribution in [0.15, 0.2) is 42.5 Å². The lowest BCUT2D eigenvalue weighted by atomic mass is 10.0. The molecule has 0 saturated heterocycles. The molecule has 3 rings (SSSR count). The first-order chi connectivity index (χ1) is 11.7. The van der Waals surface area contributed by atoms with Crippen molar-refractivity contribution in [3.63, 3.8) is 0 Å². The van der Waals surface area contributed by atoms with E-state index in [-0.39, 0.29) is 17.4 Å². The van der Waals surface area contributed by atoms with Gasteiger partial charge in [-0.3, -0.25) is 9.59 Å². The Kier molecular flexibility index (Phi) is 4.38. The van der Waals surface area contributed by atoms with E-state index in [4.69, 9.17) is 0 Å². The van der Waals surface area contributed by atoms with Crippen molar-refractivity contribution >= 4 is 11.8 Å². The van der Waals surface area contributed by atoms with Crippen LogP contribution in [0.2, 0.25) is 0 Å². The highest BCUT2D eigenvalue weighted by Gasteiger charge is 2.23. The fourth-order valence-corrected chi connectivity index (χ4v) is 3.11. The van der Waals surface area contributed by atoms with Gasteiger partial charge < -0.3 is 10.6 Å². The Hall–Kier alpha value is -2.62. The third-order valence-electron chi connectivity index (χ3n) is 4.29. The third kappa shape index (κ3) is 3.73. The molecule has 4 nitrogen and oxygen atoms in total. The van der Waals surface area contributed by atoms with Gasteiger partial charge in [-0.25, -0.2) is 0 Å². The van der Waals surface area contributed by atoms with Crippen LogP contribution in [0.5, 0.6) is 0 Å². The summed E-state index contributed by atoms with van der Waals surface area (Å²) in [4.78, 5) is 24.6. The van der Waals surface area contributed by atoms with Crippen LogP contribution in [0.1, 0.15) is 49.2 Å². The number of carbonyl (C=O) groups excluding carboxylic acids is 2. The Morgan fingerprint density at radius 1 is 1.00 bits per heavy atom. The average Bonchev–Trinajstić information content (AvgIpc) is 2.90. The van der Waals surface area contributed by atoms with Gasteiger partial charge in [0.25, 0.3) is 5.91 Å². The minimum Gasteiger partial charge on any atom is -0.350 e. The maximum atomic E-state index is 12.5. The normalized spacial score (nSPS) is 13.6. The van der Waals surface area contributed by atoms with E-state index in [1.165, 1.54) is 16.7 Å². The molecule has 0 spiro atoms. The van der Waals surface area contributed by atoms with E-state index in [2.05, 4.69) is 22.8 Å². The van der Waals surface area contributed by atoms with Crippen LogP contribution in [0.4, 0.5) is 0 Å². The molecule has 0 saturated carbocycles. The predicted molar refractivity (Wildman–Crippen MR) is 99.5 cm³/mol. The van der Waals surface area contributed by atoms with E-state index >= 15 is 0 Å². The van der Waals surface area contributed by atoms with Crippen molar-refractivity contribution in [1.29, 1.82) is 0 Å². The maximum Gasteiger partial charge on any atom is 0.251 e. The van der Waals surface area contributed by atoms with Gasteiger partial charge in [-0.1, -0.05) is 30.3 Å². The molecule has 0 aliphatic heterocycles. The molecule has 130 valence electrons. The zero-order chi connectivity index (χ0) is 18.2. The first-order valence-electron chi connectivity index (χ1n) is 8.59. The molecule has 0 aromatic heterocycles. The standard InChI is InChI=1S/C21H24N2O2/c1-13(19(24)23-21(2,3)4)22-20(25)15-9-10-18-16(12-15)11-14-7-5-6-8-17(14)18/h5-10,12-13H,11H2,1-4H3,(H,22,25)(H,23,24). The van der Waals surface area contributed by atoms with Crippen molar-refractivity contribution in [3.05, 3.63) is 59.2 Å². The minimum absolute atomic E-state index is 0.186. The van der Waals surface area contributed by atoms with Gasteiger partial charge in [-0.2, -0.15) is 0 Å². The Morgan fingerprint density at radius 2 is 1.68 bits per heavy atom. The largest absolute Gasteiger partial charge is 0.350 e. The highest BCUT2D eigenvalue weighted by atomic mass is 16.2. The lowest BCUT2D eigenvalue weighted by molar-refractivity contribution is -0.124. The molecule has 1 unspecified atom stereocenters. The van der Waals surface area contributed by atoms with Gasteiger partial charge in [0.05, 0.1) is 0 Å². The molecule has 4 heteroatoms. The summed E-state index contributed by atoms with van der Waals surface area (Å²) < 4.78 is 0. The summed E-state index contributed by atoms with van der Waals surface area (Å²) in [5.41, 5.74) is 5.12. The maximum absolute atomic E-state index is 12.5. The van der Waals surface area contributed by atoms with E-state index in [0.29, 0.717) is 5.56 Å². The van der Waals surface area contributed by atoms with Crippen LogP contribution < -0.4 is 10.6 Å². The van der Waals surface area contributed by atoms with Crippen molar-refractivity contribution in [2.75, 3.05) is 0 Å². The topological polar surface area (TPSA) is 58.2 Å². The van der Waals surface area contributed by atoms with Gasteiger partial charge >= 0.3 is 0 Å². The Balaban J connectivity index is 1.72. The third-order valence-corrected chi connectivity index (χ3v) is 4.29. The van der Waals surface area contributed by atoms with Gasteiger partial charge in [0.1, 0.15) is 6.04 Å². The molecule has 2 amide bonds. The molecule has 1 aliphatic rings. The number of hydrogen-bond donors (Lipinski definition) is 2. The smallest absolute Gasteiger partial charge is 0.251 e. The Labute approximate surface area is 148 Å². The van der Waals surface area contributed by atoms with Crippen LogP contribution in [0, 0.1) is 0 Å². The molecule has 0 radical (unpaired) electrons. The number of amides is 2. The molecule has 1 atom stereocenters. The SMILES string of the molecule is CC(NC(=O)c1ccc2c(c1)Cc1ccccc1-2)C(=O)NC(C)(C)C. The fraction of sp³-hybridized carbons (Fsp3) is 0.333.